The molecule has 1 saturated heterocycles. The Morgan fingerprint density at radius 1 is 0.935 bits per heavy atom. The van der Waals surface area contributed by atoms with Crippen LogP contribution in [-0.2, 0) is 9.53 Å². The predicted molar refractivity (Wildman–Crippen MR) is 126 cm³/mol. The van der Waals surface area contributed by atoms with Crippen molar-refractivity contribution < 1.29 is 14.3 Å². The molecule has 1 aliphatic rings. The number of cyclic esters (lactones) is 1. The summed E-state index contributed by atoms with van der Waals surface area (Å²) in [5.74, 6) is 0.487. The van der Waals surface area contributed by atoms with E-state index in [0.29, 0.717) is 10.7 Å². The second kappa shape index (κ2) is 12.4. The van der Waals surface area contributed by atoms with Gasteiger partial charge >= 0.3 is 5.97 Å². The molecule has 0 aliphatic carbocycles. The van der Waals surface area contributed by atoms with E-state index in [0.717, 1.165) is 29.9 Å². The van der Waals surface area contributed by atoms with E-state index in [1.165, 1.54) is 44.9 Å². The molecule has 0 spiro atoms. The van der Waals surface area contributed by atoms with Crippen LogP contribution in [0.2, 0.25) is 5.02 Å². The van der Waals surface area contributed by atoms with Crippen molar-refractivity contribution in [3.8, 4) is 5.75 Å². The zero-order chi connectivity index (χ0) is 21.9. The molecule has 166 valence electrons. The van der Waals surface area contributed by atoms with Gasteiger partial charge < -0.3 is 14.8 Å². The van der Waals surface area contributed by atoms with Crippen molar-refractivity contribution >= 4 is 23.6 Å². The second-order valence-electron chi connectivity index (χ2n) is 7.93. The van der Waals surface area contributed by atoms with E-state index in [1.54, 1.807) is 18.2 Å². The van der Waals surface area contributed by atoms with E-state index in [9.17, 15) is 4.79 Å². The molecule has 2 aromatic rings. The van der Waals surface area contributed by atoms with Crippen LogP contribution < -0.4 is 10.1 Å². The fourth-order valence-corrected chi connectivity index (χ4v) is 3.67. The maximum Gasteiger partial charge on any atom is 0.356 e. The van der Waals surface area contributed by atoms with Crippen LogP contribution in [-0.4, -0.2) is 12.6 Å². The number of halogens is 1. The molecule has 1 atom stereocenters. The highest BCUT2D eigenvalue weighted by Gasteiger charge is 2.29. The summed E-state index contributed by atoms with van der Waals surface area (Å²) in [6.07, 6.45) is 11.6. The maximum absolute atomic E-state index is 12.2. The molecule has 1 heterocycles. The van der Waals surface area contributed by atoms with Crippen LogP contribution in [0.25, 0.3) is 6.08 Å². The SMILES string of the molecule is CCCCCCCCCCOc1ccc(/C=C2/NC(c3ccc(Cl)cc3)OC2=O)cc1. The van der Waals surface area contributed by atoms with Gasteiger partial charge in [-0.05, 0) is 42.3 Å². The Balaban J connectivity index is 1.41. The second-order valence-corrected chi connectivity index (χ2v) is 8.37. The van der Waals surface area contributed by atoms with Gasteiger partial charge in [0.15, 0.2) is 6.23 Å². The van der Waals surface area contributed by atoms with Gasteiger partial charge in [0.1, 0.15) is 11.4 Å². The Hall–Kier alpha value is -2.46. The third-order valence-electron chi connectivity index (χ3n) is 5.36. The fraction of sp³-hybridized carbons (Fsp3) is 0.423. The Morgan fingerprint density at radius 2 is 1.58 bits per heavy atom. The lowest BCUT2D eigenvalue weighted by Crippen LogP contribution is -2.12. The largest absolute Gasteiger partial charge is 0.494 e. The molecule has 3 rings (SSSR count). The van der Waals surface area contributed by atoms with Crippen LogP contribution in [0.1, 0.15) is 75.6 Å². The van der Waals surface area contributed by atoms with Gasteiger partial charge in [-0.15, -0.1) is 0 Å². The summed E-state index contributed by atoms with van der Waals surface area (Å²) in [5, 5.41) is 3.77. The van der Waals surface area contributed by atoms with Crippen molar-refractivity contribution in [2.75, 3.05) is 6.61 Å². The van der Waals surface area contributed by atoms with Crippen molar-refractivity contribution in [3.63, 3.8) is 0 Å². The molecule has 0 saturated carbocycles. The molecule has 0 amide bonds. The van der Waals surface area contributed by atoms with Gasteiger partial charge in [-0.2, -0.15) is 0 Å². The van der Waals surface area contributed by atoms with E-state index in [-0.39, 0.29) is 5.97 Å². The summed E-state index contributed by atoms with van der Waals surface area (Å²) in [6, 6.07) is 15.0. The summed E-state index contributed by atoms with van der Waals surface area (Å²) in [5.41, 5.74) is 2.20. The number of esters is 1. The van der Waals surface area contributed by atoms with Crippen molar-refractivity contribution in [1.82, 2.24) is 5.32 Å². The van der Waals surface area contributed by atoms with E-state index < -0.39 is 6.23 Å². The number of benzene rings is 2. The van der Waals surface area contributed by atoms with Crippen molar-refractivity contribution in [2.24, 2.45) is 0 Å². The highest BCUT2D eigenvalue weighted by molar-refractivity contribution is 6.30. The molecule has 1 unspecified atom stereocenters. The summed E-state index contributed by atoms with van der Waals surface area (Å²) in [4.78, 5) is 12.2. The predicted octanol–water partition coefficient (Wildman–Crippen LogP) is 7.05. The minimum absolute atomic E-state index is 0.366. The Kier molecular flexibility index (Phi) is 9.29. The van der Waals surface area contributed by atoms with E-state index in [4.69, 9.17) is 21.1 Å². The molecule has 0 bridgehead atoms. The summed E-state index contributed by atoms with van der Waals surface area (Å²) in [7, 11) is 0. The zero-order valence-corrected chi connectivity index (χ0v) is 19.0. The van der Waals surface area contributed by atoms with Crippen LogP contribution in [0.4, 0.5) is 0 Å². The van der Waals surface area contributed by atoms with Crippen molar-refractivity contribution in [1.29, 1.82) is 0 Å². The molecule has 0 radical (unpaired) electrons. The number of nitrogens with one attached hydrogen (secondary N) is 1. The van der Waals surface area contributed by atoms with Gasteiger partial charge in [-0.25, -0.2) is 4.79 Å². The molecule has 2 aromatic carbocycles. The molecule has 4 nitrogen and oxygen atoms in total. The Bertz CT molecular complexity index is 846. The molecule has 1 fully saturated rings. The highest BCUT2D eigenvalue weighted by Crippen LogP contribution is 2.26. The first-order valence-electron chi connectivity index (χ1n) is 11.3. The fourth-order valence-electron chi connectivity index (χ4n) is 3.54. The molecular formula is C26H32ClNO3. The van der Waals surface area contributed by atoms with Crippen LogP contribution in [0.15, 0.2) is 54.2 Å². The maximum atomic E-state index is 12.2. The normalized spacial score (nSPS) is 16.9. The monoisotopic (exact) mass is 441 g/mol. The van der Waals surface area contributed by atoms with Gasteiger partial charge in [0.05, 0.1) is 6.61 Å². The van der Waals surface area contributed by atoms with Gasteiger partial charge in [0.25, 0.3) is 0 Å². The number of ether oxygens (including phenoxy) is 2. The van der Waals surface area contributed by atoms with Crippen molar-refractivity contribution in [2.45, 2.75) is 64.5 Å². The van der Waals surface area contributed by atoms with E-state index >= 15 is 0 Å². The summed E-state index contributed by atoms with van der Waals surface area (Å²) < 4.78 is 11.3. The Labute approximate surface area is 190 Å². The minimum atomic E-state index is -0.495. The first kappa shape index (κ1) is 23.2. The first-order chi connectivity index (χ1) is 15.2. The van der Waals surface area contributed by atoms with Crippen LogP contribution in [0, 0.1) is 0 Å². The number of hydrogen-bond donors (Lipinski definition) is 1. The highest BCUT2D eigenvalue weighted by atomic mass is 35.5. The smallest absolute Gasteiger partial charge is 0.356 e. The average Bonchev–Trinajstić information content (AvgIpc) is 3.14. The minimum Gasteiger partial charge on any atom is -0.494 e. The van der Waals surface area contributed by atoms with Crippen LogP contribution in [0.3, 0.4) is 0 Å². The molecule has 1 N–H and O–H groups in total. The lowest BCUT2D eigenvalue weighted by Gasteiger charge is -2.09. The van der Waals surface area contributed by atoms with Crippen molar-refractivity contribution in [3.05, 3.63) is 70.4 Å². The number of hydrogen-bond acceptors (Lipinski definition) is 4. The van der Waals surface area contributed by atoms with Gasteiger partial charge in [-0.1, -0.05) is 87.7 Å². The first-order valence-corrected chi connectivity index (χ1v) is 11.7. The molecular weight excluding hydrogens is 410 g/mol. The molecule has 1 aliphatic heterocycles. The summed E-state index contributed by atoms with van der Waals surface area (Å²) in [6.45, 7) is 2.99. The van der Waals surface area contributed by atoms with Gasteiger partial charge in [-0.3, -0.25) is 0 Å². The lowest BCUT2D eigenvalue weighted by molar-refractivity contribution is -0.139. The molecule has 31 heavy (non-hydrogen) atoms. The third kappa shape index (κ3) is 7.62. The van der Waals surface area contributed by atoms with E-state index in [2.05, 4.69) is 12.2 Å². The molecule has 5 heteroatoms. The summed E-state index contributed by atoms with van der Waals surface area (Å²) >= 11 is 5.92. The zero-order valence-electron chi connectivity index (χ0n) is 18.2. The third-order valence-corrected chi connectivity index (χ3v) is 5.61. The lowest BCUT2D eigenvalue weighted by atomic mass is 10.1. The number of carbonyl (C=O) groups excluding carboxylic acids is 1. The number of unbranched alkanes of at least 4 members (excludes halogenated alkanes) is 7. The number of rotatable bonds is 12. The van der Waals surface area contributed by atoms with Crippen LogP contribution in [0.5, 0.6) is 5.75 Å². The standard InChI is InChI=1S/C26H32ClNO3/c1-2-3-4-5-6-7-8-9-18-30-23-16-10-20(11-17-23)19-24-26(29)31-25(28-24)21-12-14-22(27)15-13-21/h10-17,19,25,28H,2-9,18H2,1H3/b24-19+. The molecule has 0 aromatic heterocycles. The van der Waals surface area contributed by atoms with Crippen LogP contribution >= 0.6 is 11.6 Å². The van der Waals surface area contributed by atoms with Gasteiger partial charge in [0, 0.05) is 10.6 Å². The van der Waals surface area contributed by atoms with Gasteiger partial charge in [0.2, 0.25) is 0 Å². The quantitative estimate of drug-likeness (QED) is 0.218. The average molecular weight is 442 g/mol. The number of carbonyl (C=O) groups is 1. The Morgan fingerprint density at radius 3 is 2.26 bits per heavy atom. The van der Waals surface area contributed by atoms with E-state index in [1.807, 2.05) is 36.4 Å². The topological polar surface area (TPSA) is 47.6 Å².